The Balaban J connectivity index is 2.69. The third-order valence-corrected chi connectivity index (χ3v) is 2.96. The van der Waals surface area contributed by atoms with E-state index in [4.69, 9.17) is 4.74 Å². The Morgan fingerprint density at radius 3 is 2.17 bits per heavy atom. The van der Waals surface area contributed by atoms with E-state index in [0.717, 1.165) is 0 Å². The monoisotopic (exact) mass is 170 g/mol. The van der Waals surface area contributed by atoms with Crippen LogP contribution in [0.25, 0.3) is 0 Å². The maximum atomic E-state index is 11.5. The van der Waals surface area contributed by atoms with Crippen LogP contribution in [-0.4, -0.2) is 18.0 Å². The van der Waals surface area contributed by atoms with Crippen LogP contribution in [0, 0.1) is 11.8 Å². The van der Waals surface area contributed by atoms with Gasteiger partial charge in [0.1, 0.15) is 5.78 Å². The highest BCUT2D eigenvalue weighted by Gasteiger charge is 2.40. The lowest BCUT2D eigenvalue weighted by Crippen LogP contribution is -2.25. The number of hydrogen-bond acceptors (Lipinski definition) is 2. The fourth-order valence-electron chi connectivity index (χ4n) is 2.06. The molecular weight excluding hydrogens is 152 g/mol. The summed E-state index contributed by atoms with van der Waals surface area (Å²) in [5.41, 5.74) is 0. The molecule has 2 nitrogen and oxygen atoms in total. The predicted octanol–water partition coefficient (Wildman–Crippen LogP) is 2.02. The topological polar surface area (TPSA) is 26.3 Å². The van der Waals surface area contributed by atoms with Crippen molar-refractivity contribution in [2.45, 2.75) is 46.3 Å². The summed E-state index contributed by atoms with van der Waals surface area (Å²) in [6, 6.07) is 0. The number of carbonyl (C=O) groups is 1. The summed E-state index contributed by atoms with van der Waals surface area (Å²) >= 11 is 0. The highest BCUT2D eigenvalue weighted by Crippen LogP contribution is 2.33. The molecule has 1 saturated heterocycles. The van der Waals surface area contributed by atoms with Crippen molar-refractivity contribution in [2.75, 3.05) is 0 Å². The van der Waals surface area contributed by atoms with Crippen molar-refractivity contribution < 1.29 is 9.53 Å². The number of rotatable bonds is 2. The van der Waals surface area contributed by atoms with Crippen molar-refractivity contribution in [3.05, 3.63) is 0 Å². The maximum absolute atomic E-state index is 11.5. The molecule has 4 atom stereocenters. The molecule has 0 aromatic carbocycles. The number of Topliss-reactive ketones (excluding diaryl/α,β-unsaturated/α-hetero) is 1. The molecule has 0 bridgehead atoms. The lowest BCUT2D eigenvalue weighted by atomic mass is 9.85. The zero-order chi connectivity index (χ0) is 9.30. The van der Waals surface area contributed by atoms with Crippen molar-refractivity contribution in [3.63, 3.8) is 0 Å². The van der Waals surface area contributed by atoms with Crippen molar-refractivity contribution in [1.29, 1.82) is 0 Å². The first-order valence-electron chi connectivity index (χ1n) is 4.76. The van der Waals surface area contributed by atoms with Crippen molar-refractivity contribution in [3.8, 4) is 0 Å². The molecule has 0 saturated carbocycles. The van der Waals surface area contributed by atoms with Gasteiger partial charge in [0.05, 0.1) is 12.2 Å². The second kappa shape index (κ2) is 3.56. The van der Waals surface area contributed by atoms with E-state index in [1.165, 1.54) is 0 Å². The van der Waals surface area contributed by atoms with Gasteiger partial charge in [-0.1, -0.05) is 13.8 Å². The quantitative estimate of drug-likeness (QED) is 0.633. The third-order valence-electron chi connectivity index (χ3n) is 2.96. The highest BCUT2D eigenvalue weighted by atomic mass is 16.5. The average molecular weight is 170 g/mol. The second-order valence-electron chi connectivity index (χ2n) is 3.75. The molecule has 1 fully saturated rings. The number of ether oxygens (including phenoxy) is 1. The molecule has 70 valence electrons. The molecule has 1 rings (SSSR count). The second-order valence-corrected chi connectivity index (χ2v) is 3.75. The fourth-order valence-corrected chi connectivity index (χ4v) is 2.06. The van der Waals surface area contributed by atoms with Crippen molar-refractivity contribution in [1.82, 2.24) is 0 Å². The zero-order valence-corrected chi connectivity index (χ0v) is 8.33. The minimum absolute atomic E-state index is 0.113. The smallest absolute Gasteiger partial charge is 0.138 e. The predicted molar refractivity (Wildman–Crippen MR) is 48.0 cm³/mol. The van der Waals surface area contributed by atoms with Crippen LogP contribution in [-0.2, 0) is 9.53 Å². The van der Waals surface area contributed by atoms with Crippen LogP contribution in [0.1, 0.15) is 34.1 Å². The minimum Gasteiger partial charge on any atom is -0.375 e. The summed E-state index contributed by atoms with van der Waals surface area (Å²) in [6.07, 6.45) is 0.984. The summed E-state index contributed by atoms with van der Waals surface area (Å²) in [5, 5.41) is 0. The molecule has 4 unspecified atom stereocenters. The van der Waals surface area contributed by atoms with Gasteiger partial charge in [-0.3, -0.25) is 4.79 Å². The van der Waals surface area contributed by atoms with Gasteiger partial charge < -0.3 is 4.74 Å². The van der Waals surface area contributed by atoms with Crippen LogP contribution in [0.3, 0.4) is 0 Å². The lowest BCUT2D eigenvalue weighted by Gasteiger charge is -2.15. The van der Waals surface area contributed by atoms with Crippen LogP contribution in [0.5, 0.6) is 0 Å². The van der Waals surface area contributed by atoms with E-state index in [9.17, 15) is 4.79 Å². The summed E-state index contributed by atoms with van der Waals surface area (Å²) < 4.78 is 5.59. The molecule has 0 N–H and O–H groups in total. The van der Waals surface area contributed by atoms with E-state index < -0.39 is 0 Å². The maximum Gasteiger partial charge on any atom is 0.138 e. The summed E-state index contributed by atoms with van der Waals surface area (Å²) in [4.78, 5) is 11.5. The Bertz CT molecular complexity index is 177. The Kier molecular flexibility index (Phi) is 2.89. The molecule has 1 aliphatic heterocycles. The highest BCUT2D eigenvalue weighted by molar-refractivity contribution is 5.81. The van der Waals surface area contributed by atoms with Crippen LogP contribution in [0.2, 0.25) is 0 Å². The molecule has 0 aliphatic carbocycles. The molecule has 0 aromatic rings. The van der Waals surface area contributed by atoms with E-state index in [-0.39, 0.29) is 18.1 Å². The Labute approximate surface area is 74.3 Å². The molecule has 1 aliphatic rings. The number of carbonyl (C=O) groups excluding carboxylic acids is 1. The van der Waals surface area contributed by atoms with E-state index in [2.05, 4.69) is 6.92 Å². The van der Waals surface area contributed by atoms with Crippen LogP contribution in [0.15, 0.2) is 0 Å². The number of ketones is 1. The SMILES string of the molecule is CCC(=O)C1C(C)OC(C)C1C. The van der Waals surface area contributed by atoms with Crippen LogP contribution < -0.4 is 0 Å². The average Bonchev–Trinajstić information content (AvgIpc) is 2.26. The van der Waals surface area contributed by atoms with E-state index in [1.54, 1.807) is 0 Å². The normalized spacial score (nSPS) is 41.7. The minimum atomic E-state index is 0.113. The molecule has 1 heterocycles. The van der Waals surface area contributed by atoms with Gasteiger partial charge in [-0.15, -0.1) is 0 Å². The van der Waals surface area contributed by atoms with Gasteiger partial charge in [-0.2, -0.15) is 0 Å². The van der Waals surface area contributed by atoms with Gasteiger partial charge in [0, 0.05) is 12.3 Å². The Morgan fingerprint density at radius 2 is 1.83 bits per heavy atom. The van der Waals surface area contributed by atoms with Gasteiger partial charge in [-0.05, 0) is 19.8 Å². The molecule has 0 amide bonds. The molecule has 2 heteroatoms. The van der Waals surface area contributed by atoms with Gasteiger partial charge in [0.2, 0.25) is 0 Å². The van der Waals surface area contributed by atoms with Crippen LogP contribution >= 0.6 is 0 Å². The van der Waals surface area contributed by atoms with Gasteiger partial charge in [-0.25, -0.2) is 0 Å². The first kappa shape index (κ1) is 9.72. The third kappa shape index (κ3) is 1.53. The lowest BCUT2D eigenvalue weighted by molar-refractivity contribution is -0.124. The Hall–Kier alpha value is -0.370. The van der Waals surface area contributed by atoms with E-state index >= 15 is 0 Å². The molecular formula is C10H18O2. The van der Waals surface area contributed by atoms with Crippen LogP contribution in [0.4, 0.5) is 0 Å². The number of hydrogen-bond donors (Lipinski definition) is 0. The van der Waals surface area contributed by atoms with E-state index in [0.29, 0.717) is 18.1 Å². The van der Waals surface area contributed by atoms with Crippen molar-refractivity contribution in [2.24, 2.45) is 11.8 Å². The summed E-state index contributed by atoms with van der Waals surface area (Å²) in [5.74, 6) is 0.858. The van der Waals surface area contributed by atoms with Gasteiger partial charge in [0.25, 0.3) is 0 Å². The Morgan fingerprint density at radius 1 is 1.25 bits per heavy atom. The first-order valence-corrected chi connectivity index (χ1v) is 4.76. The summed E-state index contributed by atoms with van der Waals surface area (Å²) in [7, 11) is 0. The fraction of sp³-hybridized carbons (Fsp3) is 0.900. The molecule has 0 spiro atoms. The first-order chi connectivity index (χ1) is 5.57. The van der Waals surface area contributed by atoms with Gasteiger partial charge in [0.15, 0.2) is 0 Å². The standard InChI is InChI=1S/C10H18O2/c1-5-9(11)10-6(2)7(3)12-8(10)4/h6-8,10H,5H2,1-4H3. The molecule has 0 aromatic heterocycles. The molecule has 0 radical (unpaired) electrons. The zero-order valence-electron chi connectivity index (χ0n) is 8.33. The van der Waals surface area contributed by atoms with Gasteiger partial charge >= 0.3 is 0 Å². The molecule has 12 heavy (non-hydrogen) atoms. The van der Waals surface area contributed by atoms with Crippen molar-refractivity contribution >= 4 is 5.78 Å². The largest absolute Gasteiger partial charge is 0.375 e. The summed E-state index contributed by atoms with van der Waals surface area (Å²) in [6.45, 7) is 8.07. The van der Waals surface area contributed by atoms with E-state index in [1.807, 2.05) is 20.8 Å².